The molecule has 1 atom stereocenters. The monoisotopic (exact) mass is 362 g/mol. The number of esters is 1. The van der Waals surface area contributed by atoms with Crippen LogP contribution in [0.5, 0.6) is 0 Å². The summed E-state index contributed by atoms with van der Waals surface area (Å²) in [5.74, 6) is 0.623. The first-order chi connectivity index (χ1) is 13.1. The molecule has 4 nitrogen and oxygen atoms in total. The molecule has 0 saturated carbocycles. The molecule has 1 N–H and O–H groups in total. The van der Waals surface area contributed by atoms with Gasteiger partial charge in [-0.15, -0.1) is 0 Å². The normalized spacial score (nSPS) is 12.0. The van der Waals surface area contributed by atoms with Gasteiger partial charge >= 0.3 is 5.97 Å². The molecule has 1 unspecified atom stereocenters. The molecular weight excluding hydrogens is 336 g/mol. The fraction of sp³-hybridized carbons (Fsp3) is 0.304. The predicted octanol–water partition coefficient (Wildman–Crippen LogP) is 5.67. The summed E-state index contributed by atoms with van der Waals surface area (Å²) in [6.07, 6.45) is 2.02. The van der Waals surface area contributed by atoms with Crippen molar-refractivity contribution in [3.8, 4) is 0 Å². The molecule has 0 aliphatic rings. The van der Waals surface area contributed by atoms with Gasteiger partial charge in [-0.1, -0.05) is 43.7 Å². The fourth-order valence-corrected chi connectivity index (χ4v) is 3.21. The van der Waals surface area contributed by atoms with Gasteiger partial charge in [-0.25, -0.2) is 9.78 Å². The Morgan fingerprint density at radius 1 is 1.11 bits per heavy atom. The number of carbonyl (C=O) groups is 1. The number of anilines is 1. The number of hydrogen-bond donors (Lipinski definition) is 1. The maximum absolute atomic E-state index is 11.9. The maximum atomic E-state index is 11.9. The Morgan fingerprint density at radius 2 is 1.85 bits per heavy atom. The van der Waals surface area contributed by atoms with Crippen LogP contribution in [0.15, 0.2) is 54.6 Å². The molecule has 0 radical (unpaired) electrons. The minimum absolute atomic E-state index is 0.138. The zero-order valence-electron chi connectivity index (χ0n) is 16.2. The van der Waals surface area contributed by atoms with Gasteiger partial charge in [0.1, 0.15) is 5.82 Å². The molecule has 3 rings (SSSR count). The number of nitrogens with one attached hydrogen (secondary N) is 1. The second-order valence-corrected chi connectivity index (χ2v) is 6.67. The fourth-order valence-electron chi connectivity index (χ4n) is 3.21. The quantitative estimate of drug-likeness (QED) is 0.550. The van der Waals surface area contributed by atoms with Crippen molar-refractivity contribution in [2.75, 3.05) is 11.9 Å². The Kier molecular flexibility index (Phi) is 6.07. The first-order valence-electron chi connectivity index (χ1n) is 9.52. The zero-order valence-corrected chi connectivity index (χ0v) is 16.2. The highest BCUT2D eigenvalue weighted by Gasteiger charge is 2.14. The van der Waals surface area contributed by atoms with Gasteiger partial charge in [-0.3, -0.25) is 0 Å². The highest BCUT2D eigenvalue weighted by Crippen LogP contribution is 2.27. The van der Waals surface area contributed by atoms with Crippen LogP contribution in [0.25, 0.3) is 10.9 Å². The molecule has 0 aliphatic heterocycles. The van der Waals surface area contributed by atoms with Gasteiger partial charge in [-0.2, -0.15) is 0 Å². The summed E-state index contributed by atoms with van der Waals surface area (Å²) in [4.78, 5) is 16.7. The Balaban J connectivity index is 1.85. The summed E-state index contributed by atoms with van der Waals surface area (Å²) in [5.41, 5.74) is 3.83. The van der Waals surface area contributed by atoms with E-state index < -0.39 is 0 Å². The van der Waals surface area contributed by atoms with E-state index in [1.165, 1.54) is 0 Å². The van der Waals surface area contributed by atoms with Crippen LogP contribution in [0.3, 0.4) is 0 Å². The molecule has 3 aromatic rings. The molecule has 1 aromatic heterocycles. The van der Waals surface area contributed by atoms with Gasteiger partial charge in [-0.05, 0) is 55.7 Å². The van der Waals surface area contributed by atoms with E-state index in [1.54, 1.807) is 0 Å². The first-order valence-corrected chi connectivity index (χ1v) is 9.52. The number of pyridine rings is 1. The van der Waals surface area contributed by atoms with Crippen LogP contribution in [-0.4, -0.2) is 17.6 Å². The number of ether oxygens (including phenoxy) is 1. The van der Waals surface area contributed by atoms with Crippen molar-refractivity contribution in [1.29, 1.82) is 0 Å². The Labute approximate surface area is 160 Å². The van der Waals surface area contributed by atoms with E-state index in [-0.39, 0.29) is 12.0 Å². The lowest BCUT2D eigenvalue weighted by Crippen LogP contribution is -2.13. The van der Waals surface area contributed by atoms with Crippen LogP contribution in [0.4, 0.5) is 5.82 Å². The average molecular weight is 362 g/mol. The topological polar surface area (TPSA) is 51.2 Å². The third kappa shape index (κ3) is 4.45. The molecule has 2 aromatic carbocycles. The molecule has 27 heavy (non-hydrogen) atoms. The standard InChI is InChI=1S/C23H26N2O2/c1-4-8-20(17-11-13-18(14-12-17)23(26)27-5-2)24-22-16(3)15-19-9-6-7-10-21(19)25-22/h6-7,9-15,20H,4-5,8H2,1-3H3,(H,24,25). The number of rotatable bonds is 7. The molecule has 1 heterocycles. The Bertz CT molecular complexity index is 919. The SMILES string of the molecule is CCCC(Nc1nc2ccccc2cc1C)c1ccc(C(=O)OCC)cc1. The summed E-state index contributed by atoms with van der Waals surface area (Å²) in [6.45, 7) is 6.44. The highest BCUT2D eigenvalue weighted by molar-refractivity contribution is 5.89. The van der Waals surface area contributed by atoms with E-state index in [4.69, 9.17) is 9.72 Å². The summed E-state index contributed by atoms with van der Waals surface area (Å²) < 4.78 is 5.06. The van der Waals surface area contributed by atoms with E-state index in [1.807, 2.05) is 49.4 Å². The van der Waals surface area contributed by atoms with Crippen molar-refractivity contribution in [2.45, 2.75) is 39.7 Å². The summed E-state index contributed by atoms with van der Waals surface area (Å²) in [5, 5.41) is 4.75. The number of benzene rings is 2. The number of aromatic nitrogens is 1. The van der Waals surface area contributed by atoms with Crippen LogP contribution in [0, 0.1) is 6.92 Å². The number of carbonyl (C=O) groups excluding carboxylic acids is 1. The van der Waals surface area contributed by atoms with Crippen molar-refractivity contribution in [3.63, 3.8) is 0 Å². The number of fused-ring (bicyclic) bond motifs is 1. The smallest absolute Gasteiger partial charge is 0.338 e. The van der Waals surface area contributed by atoms with Crippen LogP contribution in [-0.2, 0) is 4.74 Å². The average Bonchev–Trinajstić information content (AvgIpc) is 2.68. The minimum Gasteiger partial charge on any atom is -0.462 e. The number of nitrogens with zero attached hydrogens (tertiary/aromatic N) is 1. The molecule has 140 valence electrons. The molecule has 0 aliphatic carbocycles. The Morgan fingerprint density at radius 3 is 2.56 bits per heavy atom. The first kappa shape index (κ1) is 18.9. The van der Waals surface area contributed by atoms with Crippen LogP contribution >= 0.6 is 0 Å². The lowest BCUT2D eigenvalue weighted by Gasteiger charge is -2.21. The van der Waals surface area contributed by atoms with Crippen molar-refractivity contribution in [2.24, 2.45) is 0 Å². The largest absolute Gasteiger partial charge is 0.462 e. The number of hydrogen-bond acceptors (Lipinski definition) is 4. The zero-order chi connectivity index (χ0) is 19.2. The van der Waals surface area contributed by atoms with Crippen molar-refractivity contribution < 1.29 is 9.53 Å². The van der Waals surface area contributed by atoms with E-state index in [2.05, 4.69) is 31.3 Å². The molecule has 0 amide bonds. The second-order valence-electron chi connectivity index (χ2n) is 6.67. The summed E-state index contributed by atoms with van der Waals surface area (Å²) in [6, 6.07) is 18.1. The molecule has 0 spiro atoms. The Hall–Kier alpha value is -2.88. The lowest BCUT2D eigenvalue weighted by molar-refractivity contribution is 0.0526. The van der Waals surface area contributed by atoms with Gasteiger partial charge in [0, 0.05) is 5.39 Å². The van der Waals surface area contributed by atoms with Crippen LogP contribution in [0.1, 0.15) is 54.2 Å². The number of para-hydroxylation sites is 1. The maximum Gasteiger partial charge on any atom is 0.338 e. The second kappa shape index (κ2) is 8.67. The molecular formula is C23H26N2O2. The minimum atomic E-state index is -0.281. The predicted molar refractivity (Wildman–Crippen MR) is 110 cm³/mol. The van der Waals surface area contributed by atoms with E-state index >= 15 is 0 Å². The third-order valence-corrected chi connectivity index (χ3v) is 4.63. The lowest BCUT2D eigenvalue weighted by atomic mass is 10.0. The van der Waals surface area contributed by atoms with Gasteiger partial charge in [0.25, 0.3) is 0 Å². The third-order valence-electron chi connectivity index (χ3n) is 4.63. The van der Waals surface area contributed by atoms with Crippen LogP contribution in [0.2, 0.25) is 0 Å². The van der Waals surface area contributed by atoms with Crippen LogP contribution < -0.4 is 5.32 Å². The highest BCUT2D eigenvalue weighted by atomic mass is 16.5. The molecule has 0 bridgehead atoms. The number of aryl methyl sites for hydroxylation is 1. The summed E-state index contributed by atoms with van der Waals surface area (Å²) >= 11 is 0. The van der Waals surface area contributed by atoms with Gasteiger partial charge in [0.2, 0.25) is 0 Å². The molecule has 4 heteroatoms. The molecule has 0 fully saturated rings. The van der Waals surface area contributed by atoms with Gasteiger partial charge in [0.15, 0.2) is 0 Å². The van der Waals surface area contributed by atoms with Crippen molar-refractivity contribution in [3.05, 3.63) is 71.3 Å². The van der Waals surface area contributed by atoms with Gasteiger partial charge in [0.05, 0.1) is 23.7 Å². The van der Waals surface area contributed by atoms with Crippen molar-refractivity contribution >= 4 is 22.7 Å². The summed E-state index contributed by atoms with van der Waals surface area (Å²) in [7, 11) is 0. The molecule has 0 saturated heterocycles. The van der Waals surface area contributed by atoms with E-state index in [0.717, 1.165) is 40.7 Å². The van der Waals surface area contributed by atoms with Crippen molar-refractivity contribution in [1.82, 2.24) is 4.98 Å². The van der Waals surface area contributed by atoms with Gasteiger partial charge < -0.3 is 10.1 Å². The van der Waals surface area contributed by atoms with E-state index in [9.17, 15) is 4.79 Å². The van der Waals surface area contributed by atoms with E-state index in [0.29, 0.717) is 12.2 Å².